The highest BCUT2D eigenvalue weighted by atomic mass is 19.4. The predicted octanol–water partition coefficient (Wildman–Crippen LogP) is -0.136. The van der Waals surface area contributed by atoms with Gasteiger partial charge in [0.2, 0.25) is 11.4 Å². The summed E-state index contributed by atoms with van der Waals surface area (Å²) in [5.74, 6) is -3.35. The standard InChI is InChI=1S/C8H11F3N2O5/c1-7(5(15)16,8(9,10)11)12-3-4(14)13-6(17)18-2/h12H,3H2,1-2H3,(H,15,16)(H,13,14,17). The molecular formula is C8H11F3N2O5. The van der Waals surface area contributed by atoms with E-state index in [0.29, 0.717) is 6.92 Å². The monoisotopic (exact) mass is 272 g/mol. The molecule has 0 fully saturated rings. The van der Waals surface area contributed by atoms with E-state index >= 15 is 0 Å². The maximum absolute atomic E-state index is 12.5. The zero-order valence-corrected chi connectivity index (χ0v) is 9.42. The summed E-state index contributed by atoms with van der Waals surface area (Å²) < 4.78 is 41.4. The molecule has 0 saturated heterocycles. The number of aliphatic carboxylic acids is 1. The van der Waals surface area contributed by atoms with Crippen molar-refractivity contribution in [1.82, 2.24) is 10.6 Å². The Balaban J connectivity index is 4.62. The van der Waals surface area contributed by atoms with Gasteiger partial charge in [-0.15, -0.1) is 0 Å². The summed E-state index contributed by atoms with van der Waals surface area (Å²) in [4.78, 5) is 32.1. The highest BCUT2D eigenvalue weighted by Gasteiger charge is 2.57. The maximum Gasteiger partial charge on any atom is 0.417 e. The molecule has 1 unspecified atom stereocenters. The van der Waals surface area contributed by atoms with Crippen molar-refractivity contribution < 1.29 is 37.4 Å². The van der Waals surface area contributed by atoms with Crippen LogP contribution in [0.2, 0.25) is 0 Å². The number of hydrogen-bond acceptors (Lipinski definition) is 5. The number of rotatable bonds is 4. The zero-order valence-electron chi connectivity index (χ0n) is 9.42. The van der Waals surface area contributed by atoms with Crippen LogP contribution in [-0.2, 0) is 14.3 Å². The quantitative estimate of drug-likeness (QED) is 0.658. The Hall–Kier alpha value is -1.84. The fraction of sp³-hybridized carbons (Fsp3) is 0.625. The second-order valence-corrected chi connectivity index (χ2v) is 3.32. The summed E-state index contributed by atoms with van der Waals surface area (Å²) in [6.07, 6.45) is -6.27. The van der Waals surface area contributed by atoms with Gasteiger partial charge in [0.05, 0.1) is 13.7 Å². The van der Waals surface area contributed by atoms with Gasteiger partial charge in [0.15, 0.2) is 0 Å². The number of halogens is 3. The molecule has 0 saturated carbocycles. The van der Waals surface area contributed by atoms with E-state index in [9.17, 15) is 27.6 Å². The number of imide groups is 1. The molecule has 0 spiro atoms. The number of carboxylic acid groups (broad SMARTS) is 1. The van der Waals surface area contributed by atoms with Crippen LogP contribution in [0.5, 0.6) is 0 Å². The molecule has 7 nitrogen and oxygen atoms in total. The number of alkyl halides is 3. The smallest absolute Gasteiger partial charge is 0.417 e. The topological polar surface area (TPSA) is 105 Å². The van der Waals surface area contributed by atoms with Crippen LogP contribution in [0, 0.1) is 0 Å². The molecule has 0 aliphatic carbocycles. The second kappa shape index (κ2) is 5.67. The third-order valence-electron chi connectivity index (χ3n) is 2.02. The molecule has 0 aliphatic rings. The Morgan fingerprint density at radius 2 is 1.78 bits per heavy atom. The minimum absolute atomic E-state index is 0.362. The molecule has 0 aromatic carbocycles. The van der Waals surface area contributed by atoms with Gasteiger partial charge < -0.3 is 9.84 Å². The first-order chi connectivity index (χ1) is 8.04. The molecule has 0 aliphatic heterocycles. The zero-order chi connectivity index (χ0) is 14.6. The molecule has 104 valence electrons. The van der Waals surface area contributed by atoms with Crippen LogP contribution in [0.3, 0.4) is 0 Å². The van der Waals surface area contributed by atoms with E-state index in [1.165, 1.54) is 5.32 Å². The summed E-state index contributed by atoms with van der Waals surface area (Å²) in [6.45, 7) is -0.655. The van der Waals surface area contributed by atoms with E-state index in [1.54, 1.807) is 5.32 Å². The van der Waals surface area contributed by atoms with Crippen LogP contribution in [0.4, 0.5) is 18.0 Å². The number of ether oxygens (including phenoxy) is 1. The number of amides is 2. The van der Waals surface area contributed by atoms with Crippen molar-refractivity contribution in [3.63, 3.8) is 0 Å². The predicted molar refractivity (Wildman–Crippen MR) is 50.6 cm³/mol. The number of carbonyl (C=O) groups excluding carboxylic acids is 2. The Kier molecular flexibility index (Phi) is 5.09. The molecule has 0 rings (SSSR count). The molecule has 0 heterocycles. The molecule has 1 atom stereocenters. The second-order valence-electron chi connectivity index (χ2n) is 3.32. The van der Waals surface area contributed by atoms with Crippen molar-refractivity contribution in [2.45, 2.75) is 18.6 Å². The van der Waals surface area contributed by atoms with Gasteiger partial charge in [0, 0.05) is 0 Å². The first-order valence-electron chi connectivity index (χ1n) is 4.47. The third-order valence-corrected chi connectivity index (χ3v) is 2.02. The number of alkyl carbamates (subject to hydrolysis) is 1. The number of methoxy groups -OCH3 is 1. The number of hydrogen-bond donors (Lipinski definition) is 3. The molecule has 0 aromatic heterocycles. The summed E-state index contributed by atoms with van der Waals surface area (Å²) >= 11 is 0. The van der Waals surface area contributed by atoms with Gasteiger partial charge in [0.25, 0.3) is 0 Å². The van der Waals surface area contributed by atoms with Gasteiger partial charge >= 0.3 is 18.2 Å². The van der Waals surface area contributed by atoms with E-state index in [4.69, 9.17) is 5.11 Å². The fourth-order valence-electron chi connectivity index (χ4n) is 0.763. The highest BCUT2D eigenvalue weighted by Crippen LogP contribution is 2.30. The summed E-state index contributed by atoms with van der Waals surface area (Å²) in [5.41, 5.74) is -3.29. The lowest BCUT2D eigenvalue weighted by molar-refractivity contribution is -0.205. The molecule has 3 N–H and O–H groups in total. The molecule has 0 bridgehead atoms. The Morgan fingerprint density at radius 1 is 1.28 bits per heavy atom. The SMILES string of the molecule is COC(=O)NC(=O)CNC(C)(C(=O)O)C(F)(F)F. The van der Waals surface area contributed by atoms with E-state index in [1.807, 2.05) is 0 Å². The molecule has 18 heavy (non-hydrogen) atoms. The fourth-order valence-corrected chi connectivity index (χ4v) is 0.763. The summed E-state index contributed by atoms with van der Waals surface area (Å²) in [5, 5.41) is 11.6. The van der Waals surface area contributed by atoms with Crippen molar-refractivity contribution >= 4 is 18.0 Å². The van der Waals surface area contributed by atoms with Gasteiger partial charge in [-0.1, -0.05) is 0 Å². The van der Waals surface area contributed by atoms with Gasteiger partial charge in [-0.2, -0.15) is 13.2 Å². The van der Waals surface area contributed by atoms with Gasteiger partial charge in [-0.25, -0.2) is 9.59 Å². The lowest BCUT2D eigenvalue weighted by atomic mass is 10.0. The largest absolute Gasteiger partial charge is 0.480 e. The maximum atomic E-state index is 12.5. The molecule has 0 radical (unpaired) electrons. The molecule has 2 amide bonds. The molecular weight excluding hydrogens is 261 g/mol. The van der Waals surface area contributed by atoms with Gasteiger partial charge in [0.1, 0.15) is 0 Å². The first kappa shape index (κ1) is 16.2. The Bertz CT molecular complexity index is 357. The van der Waals surface area contributed by atoms with Crippen molar-refractivity contribution in [2.75, 3.05) is 13.7 Å². The Morgan fingerprint density at radius 3 is 2.11 bits per heavy atom. The third kappa shape index (κ3) is 3.87. The molecule has 0 aromatic rings. The van der Waals surface area contributed by atoms with Crippen molar-refractivity contribution in [2.24, 2.45) is 0 Å². The highest BCUT2D eigenvalue weighted by molar-refractivity contribution is 5.93. The first-order valence-corrected chi connectivity index (χ1v) is 4.47. The average molecular weight is 272 g/mol. The van der Waals surface area contributed by atoms with E-state index in [0.717, 1.165) is 7.11 Å². The normalized spacial score (nSPS) is 14.5. The van der Waals surface area contributed by atoms with E-state index < -0.39 is 36.2 Å². The van der Waals surface area contributed by atoms with Crippen molar-refractivity contribution in [1.29, 1.82) is 0 Å². The van der Waals surface area contributed by atoms with Crippen LogP contribution in [0.15, 0.2) is 0 Å². The Labute approximate surface area is 99.3 Å². The molecule has 10 heteroatoms. The van der Waals surface area contributed by atoms with Crippen LogP contribution in [0.1, 0.15) is 6.92 Å². The number of nitrogens with one attached hydrogen (secondary N) is 2. The van der Waals surface area contributed by atoms with Crippen LogP contribution < -0.4 is 10.6 Å². The van der Waals surface area contributed by atoms with Gasteiger partial charge in [-0.05, 0) is 6.92 Å². The van der Waals surface area contributed by atoms with E-state index in [2.05, 4.69) is 4.74 Å². The van der Waals surface area contributed by atoms with Gasteiger partial charge in [-0.3, -0.25) is 15.4 Å². The minimum atomic E-state index is -5.11. The van der Waals surface area contributed by atoms with Crippen LogP contribution in [0.25, 0.3) is 0 Å². The van der Waals surface area contributed by atoms with Crippen LogP contribution in [-0.4, -0.2) is 48.4 Å². The average Bonchev–Trinajstić information content (AvgIpc) is 2.23. The summed E-state index contributed by atoms with van der Waals surface area (Å²) in [6, 6.07) is 0. The lowest BCUT2D eigenvalue weighted by Crippen LogP contribution is -2.62. The number of carboxylic acids is 1. The van der Waals surface area contributed by atoms with E-state index in [-0.39, 0.29) is 0 Å². The lowest BCUT2D eigenvalue weighted by Gasteiger charge is -2.28. The van der Waals surface area contributed by atoms with Crippen molar-refractivity contribution in [3.8, 4) is 0 Å². The van der Waals surface area contributed by atoms with Crippen LogP contribution >= 0.6 is 0 Å². The summed E-state index contributed by atoms with van der Waals surface area (Å²) in [7, 11) is 0.952. The number of carbonyl (C=O) groups is 3. The minimum Gasteiger partial charge on any atom is -0.480 e. The van der Waals surface area contributed by atoms with Crippen molar-refractivity contribution in [3.05, 3.63) is 0 Å².